The summed E-state index contributed by atoms with van der Waals surface area (Å²) in [6.45, 7) is 1.65. The van der Waals surface area contributed by atoms with E-state index in [9.17, 15) is 17.2 Å². The Hall–Kier alpha value is -1.79. The summed E-state index contributed by atoms with van der Waals surface area (Å²) in [6.07, 6.45) is 0. The molecule has 6 heteroatoms. The van der Waals surface area contributed by atoms with Crippen molar-refractivity contribution < 1.29 is 17.2 Å². The lowest BCUT2D eigenvalue weighted by atomic mass is 10.2. The van der Waals surface area contributed by atoms with Gasteiger partial charge < -0.3 is 0 Å². The number of hydrogen-bond donors (Lipinski definition) is 0. The Kier molecular flexibility index (Phi) is 4.39. The number of aryl methyl sites for hydroxylation is 1. The van der Waals surface area contributed by atoms with E-state index in [1.165, 1.54) is 37.4 Å². The van der Waals surface area contributed by atoms with Gasteiger partial charge >= 0.3 is 0 Å². The molecule has 0 saturated carbocycles. The molecule has 0 atom stereocenters. The van der Waals surface area contributed by atoms with Crippen molar-refractivity contribution >= 4 is 10.0 Å². The Morgan fingerprint density at radius 2 is 1.81 bits per heavy atom. The average Bonchev–Trinajstić information content (AvgIpc) is 2.41. The third kappa shape index (κ3) is 3.46. The predicted molar refractivity (Wildman–Crippen MR) is 76.2 cm³/mol. The van der Waals surface area contributed by atoms with Crippen LogP contribution < -0.4 is 0 Å². The van der Waals surface area contributed by atoms with Crippen molar-refractivity contribution in [3.63, 3.8) is 0 Å². The van der Waals surface area contributed by atoms with Gasteiger partial charge in [-0.05, 0) is 42.3 Å². The number of halogens is 2. The molecule has 3 nitrogen and oxygen atoms in total. The molecular formula is C15H15F2NO2S. The quantitative estimate of drug-likeness (QED) is 0.870. The molecule has 0 saturated heterocycles. The highest BCUT2D eigenvalue weighted by molar-refractivity contribution is 7.89. The Morgan fingerprint density at radius 1 is 1.10 bits per heavy atom. The van der Waals surface area contributed by atoms with E-state index < -0.39 is 21.7 Å². The Morgan fingerprint density at radius 3 is 2.48 bits per heavy atom. The van der Waals surface area contributed by atoms with Gasteiger partial charge in [0.1, 0.15) is 16.5 Å². The molecular weight excluding hydrogens is 296 g/mol. The maximum Gasteiger partial charge on any atom is 0.246 e. The van der Waals surface area contributed by atoms with Crippen LogP contribution in [-0.4, -0.2) is 19.8 Å². The van der Waals surface area contributed by atoms with Crippen LogP contribution in [0.15, 0.2) is 47.4 Å². The van der Waals surface area contributed by atoms with Crippen LogP contribution in [0, 0.1) is 18.6 Å². The summed E-state index contributed by atoms with van der Waals surface area (Å²) < 4.78 is 52.7. The highest BCUT2D eigenvalue weighted by Crippen LogP contribution is 2.21. The predicted octanol–water partition coefficient (Wildman–Crippen LogP) is 3.09. The monoisotopic (exact) mass is 311 g/mol. The third-order valence-electron chi connectivity index (χ3n) is 3.07. The Balaban J connectivity index is 2.33. The highest BCUT2D eigenvalue weighted by atomic mass is 32.2. The van der Waals surface area contributed by atoms with E-state index >= 15 is 0 Å². The van der Waals surface area contributed by atoms with E-state index in [0.29, 0.717) is 11.1 Å². The summed E-state index contributed by atoms with van der Waals surface area (Å²) in [6, 6.07) is 9.54. The lowest BCUT2D eigenvalue weighted by Gasteiger charge is -2.18. The summed E-state index contributed by atoms with van der Waals surface area (Å²) in [5.41, 5.74) is 1.14. The van der Waals surface area contributed by atoms with Crippen LogP contribution in [0.2, 0.25) is 0 Å². The second-order valence-corrected chi connectivity index (χ2v) is 6.84. The lowest BCUT2D eigenvalue weighted by Crippen LogP contribution is -2.27. The zero-order valence-electron chi connectivity index (χ0n) is 11.7. The largest absolute Gasteiger partial charge is 0.246 e. The normalized spacial score (nSPS) is 11.9. The molecule has 0 spiro atoms. The summed E-state index contributed by atoms with van der Waals surface area (Å²) in [4.78, 5) is -0.374. The van der Waals surface area contributed by atoms with Gasteiger partial charge in [-0.1, -0.05) is 18.2 Å². The number of rotatable bonds is 4. The summed E-state index contributed by atoms with van der Waals surface area (Å²) in [5, 5.41) is 0. The summed E-state index contributed by atoms with van der Waals surface area (Å²) >= 11 is 0. The second kappa shape index (κ2) is 5.91. The molecule has 0 unspecified atom stereocenters. The second-order valence-electron chi connectivity index (χ2n) is 4.82. The van der Waals surface area contributed by atoms with Crippen molar-refractivity contribution in [1.29, 1.82) is 0 Å². The van der Waals surface area contributed by atoms with Crippen LogP contribution in [0.1, 0.15) is 11.1 Å². The van der Waals surface area contributed by atoms with Gasteiger partial charge in [-0.15, -0.1) is 0 Å². The molecule has 0 aromatic heterocycles. The van der Waals surface area contributed by atoms with Gasteiger partial charge in [0.25, 0.3) is 0 Å². The van der Waals surface area contributed by atoms with E-state index in [1.54, 1.807) is 13.0 Å². The van der Waals surface area contributed by atoms with Crippen molar-refractivity contribution in [2.75, 3.05) is 7.05 Å². The van der Waals surface area contributed by atoms with Crippen LogP contribution in [0.25, 0.3) is 0 Å². The topological polar surface area (TPSA) is 37.4 Å². The first-order chi connectivity index (χ1) is 9.80. The summed E-state index contributed by atoms with van der Waals surface area (Å²) in [5.74, 6) is -1.24. The van der Waals surface area contributed by atoms with Gasteiger partial charge in [-0.2, -0.15) is 4.31 Å². The molecule has 0 heterocycles. The SMILES string of the molecule is Cc1ccc(F)c(S(=O)(=O)N(C)Cc2cccc(F)c2)c1. The van der Waals surface area contributed by atoms with Crippen molar-refractivity contribution in [1.82, 2.24) is 4.31 Å². The molecule has 2 aromatic rings. The molecule has 21 heavy (non-hydrogen) atoms. The van der Waals surface area contributed by atoms with Gasteiger partial charge in [-0.3, -0.25) is 0 Å². The molecule has 0 aliphatic rings. The van der Waals surface area contributed by atoms with Gasteiger partial charge in [0.15, 0.2) is 0 Å². The molecule has 2 rings (SSSR count). The fourth-order valence-corrected chi connectivity index (χ4v) is 3.26. The van der Waals surface area contributed by atoms with Crippen LogP contribution in [0.4, 0.5) is 8.78 Å². The van der Waals surface area contributed by atoms with Gasteiger partial charge in [-0.25, -0.2) is 17.2 Å². The smallest absolute Gasteiger partial charge is 0.207 e. The summed E-state index contributed by atoms with van der Waals surface area (Å²) in [7, 11) is -2.63. The van der Waals surface area contributed by atoms with Crippen LogP contribution in [0.5, 0.6) is 0 Å². The molecule has 0 radical (unpaired) electrons. The van der Waals surface area contributed by atoms with Crippen LogP contribution in [0.3, 0.4) is 0 Å². The first kappa shape index (κ1) is 15.6. The van der Waals surface area contributed by atoms with E-state index in [0.717, 1.165) is 10.4 Å². The van der Waals surface area contributed by atoms with Gasteiger partial charge in [0.05, 0.1) is 0 Å². The van der Waals surface area contributed by atoms with E-state index in [-0.39, 0.29) is 11.4 Å². The fraction of sp³-hybridized carbons (Fsp3) is 0.200. The van der Waals surface area contributed by atoms with E-state index in [2.05, 4.69) is 0 Å². The van der Waals surface area contributed by atoms with Crippen LogP contribution >= 0.6 is 0 Å². The molecule has 0 fully saturated rings. The minimum atomic E-state index is -3.97. The van der Waals surface area contributed by atoms with Crippen molar-refractivity contribution in [3.8, 4) is 0 Å². The first-order valence-electron chi connectivity index (χ1n) is 6.27. The maximum absolute atomic E-state index is 13.8. The van der Waals surface area contributed by atoms with E-state index in [1.807, 2.05) is 0 Å². The number of benzene rings is 2. The Bertz CT molecular complexity index is 760. The molecule has 0 N–H and O–H groups in total. The van der Waals surface area contributed by atoms with Crippen molar-refractivity contribution in [2.45, 2.75) is 18.4 Å². The highest BCUT2D eigenvalue weighted by Gasteiger charge is 2.24. The maximum atomic E-state index is 13.8. The third-order valence-corrected chi connectivity index (χ3v) is 4.89. The molecule has 2 aromatic carbocycles. The average molecular weight is 311 g/mol. The number of nitrogens with zero attached hydrogens (tertiary/aromatic N) is 1. The number of hydrogen-bond acceptors (Lipinski definition) is 2. The van der Waals surface area contributed by atoms with Crippen molar-refractivity contribution in [2.24, 2.45) is 0 Å². The number of sulfonamides is 1. The van der Waals surface area contributed by atoms with Gasteiger partial charge in [0, 0.05) is 13.6 Å². The minimum absolute atomic E-state index is 0.0343. The standard InChI is InChI=1S/C15H15F2NO2S/c1-11-6-7-14(17)15(8-11)21(19,20)18(2)10-12-4-3-5-13(16)9-12/h3-9H,10H2,1-2H3. The fourth-order valence-electron chi connectivity index (χ4n) is 1.95. The molecule has 0 amide bonds. The van der Waals surface area contributed by atoms with E-state index in [4.69, 9.17) is 0 Å². The zero-order valence-corrected chi connectivity index (χ0v) is 12.5. The zero-order chi connectivity index (χ0) is 15.6. The van der Waals surface area contributed by atoms with Crippen molar-refractivity contribution in [3.05, 3.63) is 65.2 Å². The molecule has 0 bridgehead atoms. The molecule has 112 valence electrons. The Labute approximate surface area is 122 Å². The molecule has 0 aliphatic carbocycles. The first-order valence-corrected chi connectivity index (χ1v) is 7.71. The van der Waals surface area contributed by atoms with Gasteiger partial charge in [0.2, 0.25) is 10.0 Å². The minimum Gasteiger partial charge on any atom is -0.207 e. The molecule has 0 aliphatic heterocycles. The lowest BCUT2D eigenvalue weighted by molar-refractivity contribution is 0.458. The van der Waals surface area contributed by atoms with Crippen LogP contribution in [-0.2, 0) is 16.6 Å².